The molecule has 1 aromatic rings. The quantitative estimate of drug-likeness (QED) is 0.693. The highest BCUT2D eigenvalue weighted by Crippen LogP contribution is 2.34. The number of halogens is 4. The van der Waals surface area contributed by atoms with Crippen LogP contribution in [0.4, 0.5) is 13.2 Å². The van der Waals surface area contributed by atoms with Gasteiger partial charge in [-0.05, 0) is 18.5 Å². The van der Waals surface area contributed by atoms with Crippen LogP contribution >= 0.6 is 22.9 Å². The van der Waals surface area contributed by atoms with Gasteiger partial charge in [0.05, 0.1) is 5.69 Å². The Morgan fingerprint density at radius 1 is 1.54 bits per heavy atom. The number of nitrogens with zero attached hydrogens (tertiary/aromatic N) is 1. The standard InChI is InChI=1S/C6H3ClF3NOS/c1-2-3(4(7)12)13-5(11-2)6(8,9)10/h1H3. The number of alkyl halides is 3. The average Bonchev–Trinajstić information content (AvgIpc) is 2.29. The Bertz CT molecular complexity index is 346. The van der Waals surface area contributed by atoms with Gasteiger partial charge in [0.2, 0.25) is 0 Å². The molecule has 1 heterocycles. The lowest BCUT2D eigenvalue weighted by Gasteiger charge is -1.98. The Hall–Kier alpha value is -0.620. The lowest BCUT2D eigenvalue weighted by molar-refractivity contribution is -0.137. The second kappa shape index (κ2) is 3.26. The SMILES string of the molecule is Cc1nc(C(F)(F)F)sc1C(=O)Cl. The highest BCUT2D eigenvalue weighted by Gasteiger charge is 2.36. The molecule has 0 saturated carbocycles. The molecule has 0 bridgehead atoms. The summed E-state index contributed by atoms with van der Waals surface area (Å²) in [4.78, 5) is 13.6. The van der Waals surface area contributed by atoms with Gasteiger partial charge in [0.15, 0.2) is 5.01 Å². The van der Waals surface area contributed by atoms with E-state index < -0.39 is 16.4 Å². The lowest BCUT2D eigenvalue weighted by Crippen LogP contribution is -2.03. The highest BCUT2D eigenvalue weighted by atomic mass is 35.5. The fourth-order valence-corrected chi connectivity index (χ4v) is 1.72. The third-order valence-corrected chi connectivity index (χ3v) is 2.72. The zero-order valence-electron chi connectivity index (χ0n) is 6.28. The minimum absolute atomic E-state index is 0.0114. The van der Waals surface area contributed by atoms with E-state index in [2.05, 4.69) is 4.98 Å². The van der Waals surface area contributed by atoms with Crippen LogP contribution in [-0.4, -0.2) is 10.2 Å². The van der Waals surface area contributed by atoms with Gasteiger partial charge in [-0.15, -0.1) is 11.3 Å². The van der Waals surface area contributed by atoms with Gasteiger partial charge in [0.25, 0.3) is 5.24 Å². The van der Waals surface area contributed by atoms with Crippen LogP contribution in [0, 0.1) is 6.92 Å². The maximum atomic E-state index is 12.0. The predicted octanol–water partition coefficient (Wildman–Crippen LogP) is 2.85. The van der Waals surface area contributed by atoms with E-state index in [9.17, 15) is 18.0 Å². The molecule has 0 spiro atoms. The molecule has 2 nitrogen and oxygen atoms in total. The van der Waals surface area contributed by atoms with Crippen LogP contribution in [0.25, 0.3) is 0 Å². The average molecular weight is 230 g/mol. The number of rotatable bonds is 1. The molecule has 0 N–H and O–H groups in total. The molecule has 0 amide bonds. The summed E-state index contributed by atoms with van der Waals surface area (Å²) in [6.45, 7) is 1.31. The summed E-state index contributed by atoms with van der Waals surface area (Å²) in [5, 5.41) is -1.96. The zero-order valence-corrected chi connectivity index (χ0v) is 7.85. The van der Waals surface area contributed by atoms with E-state index in [0.29, 0.717) is 0 Å². The second-order valence-electron chi connectivity index (χ2n) is 2.21. The van der Waals surface area contributed by atoms with Crippen molar-refractivity contribution in [1.82, 2.24) is 4.98 Å². The van der Waals surface area contributed by atoms with Gasteiger partial charge in [-0.1, -0.05) is 0 Å². The zero-order chi connectivity index (χ0) is 10.2. The molecule has 0 radical (unpaired) electrons. The number of aryl methyl sites for hydroxylation is 1. The smallest absolute Gasteiger partial charge is 0.275 e. The first kappa shape index (κ1) is 10.5. The van der Waals surface area contributed by atoms with Crippen molar-refractivity contribution >= 4 is 28.2 Å². The van der Waals surface area contributed by atoms with Crippen molar-refractivity contribution in [2.75, 3.05) is 0 Å². The molecular weight excluding hydrogens is 227 g/mol. The number of hydrogen-bond acceptors (Lipinski definition) is 3. The second-order valence-corrected chi connectivity index (χ2v) is 3.55. The maximum absolute atomic E-state index is 12.0. The van der Waals surface area contributed by atoms with E-state index in [1.54, 1.807) is 0 Å². The van der Waals surface area contributed by atoms with Crippen molar-refractivity contribution < 1.29 is 18.0 Å². The monoisotopic (exact) mass is 229 g/mol. The van der Waals surface area contributed by atoms with Gasteiger partial charge < -0.3 is 0 Å². The number of hydrogen-bond donors (Lipinski definition) is 0. The summed E-state index contributed by atoms with van der Waals surface area (Å²) < 4.78 is 36.1. The van der Waals surface area contributed by atoms with Crippen LogP contribution in [0.1, 0.15) is 20.4 Å². The summed E-state index contributed by atoms with van der Waals surface area (Å²) in [5.74, 6) is 0. The largest absolute Gasteiger partial charge is 0.443 e. The van der Waals surface area contributed by atoms with E-state index in [-0.39, 0.29) is 21.9 Å². The van der Waals surface area contributed by atoms with Crippen molar-refractivity contribution in [2.45, 2.75) is 13.1 Å². The van der Waals surface area contributed by atoms with Crippen molar-refractivity contribution in [3.63, 3.8) is 0 Å². The fourth-order valence-electron chi connectivity index (χ4n) is 0.700. The predicted molar refractivity (Wildman–Crippen MR) is 42.0 cm³/mol. The Morgan fingerprint density at radius 2 is 2.08 bits per heavy atom. The van der Waals surface area contributed by atoms with Crippen LogP contribution in [0.3, 0.4) is 0 Å². The molecule has 0 aliphatic rings. The molecule has 0 aromatic carbocycles. The first-order valence-electron chi connectivity index (χ1n) is 3.07. The first-order chi connectivity index (χ1) is 5.82. The van der Waals surface area contributed by atoms with E-state index in [1.165, 1.54) is 6.92 Å². The molecule has 1 rings (SSSR count). The Labute approximate surface area is 80.3 Å². The van der Waals surface area contributed by atoms with Crippen LogP contribution in [0.2, 0.25) is 0 Å². The maximum Gasteiger partial charge on any atom is 0.443 e. The summed E-state index contributed by atoms with van der Waals surface area (Å²) in [6.07, 6.45) is -4.51. The van der Waals surface area contributed by atoms with Crippen molar-refractivity contribution in [3.8, 4) is 0 Å². The molecule has 0 saturated heterocycles. The van der Waals surface area contributed by atoms with Crippen LogP contribution in [0.15, 0.2) is 0 Å². The van der Waals surface area contributed by atoms with E-state index >= 15 is 0 Å². The summed E-state index contributed by atoms with van der Waals surface area (Å²) in [5.41, 5.74) is 0.0114. The molecule has 1 aromatic heterocycles. The summed E-state index contributed by atoms with van der Waals surface area (Å²) in [6, 6.07) is 0. The van der Waals surface area contributed by atoms with Gasteiger partial charge in [-0.25, -0.2) is 4.98 Å². The normalized spacial score (nSPS) is 11.8. The third kappa shape index (κ3) is 2.19. The molecule has 0 fully saturated rings. The minimum Gasteiger partial charge on any atom is -0.275 e. The molecule has 72 valence electrons. The number of carbonyl (C=O) groups is 1. The molecule has 13 heavy (non-hydrogen) atoms. The van der Waals surface area contributed by atoms with Crippen molar-refractivity contribution in [3.05, 3.63) is 15.6 Å². The first-order valence-corrected chi connectivity index (χ1v) is 4.26. The van der Waals surface area contributed by atoms with Crippen LogP contribution in [0.5, 0.6) is 0 Å². The van der Waals surface area contributed by atoms with E-state index in [4.69, 9.17) is 11.6 Å². The van der Waals surface area contributed by atoms with Crippen molar-refractivity contribution in [2.24, 2.45) is 0 Å². The van der Waals surface area contributed by atoms with Gasteiger partial charge in [-0.2, -0.15) is 13.2 Å². The van der Waals surface area contributed by atoms with E-state index in [1.807, 2.05) is 0 Å². The Kier molecular flexibility index (Phi) is 2.63. The van der Waals surface area contributed by atoms with Gasteiger partial charge in [0.1, 0.15) is 4.88 Å². The highest BCUT2D eigenvalue weighted by molar-refractivity contribution is 7.15. The van der Waals surface area contributed by atoms with E-state index in [0.717, 1.165) is 0 Å². The van der Waals surface area contributed by atoms with Gasteiger partial charge in [0, 0.05) is 0 Å². The summed E-state index contributed by atoms with van der Waals surface area (Å²) in [7, 11) is 0. The topological polar surface area (TPSA) is 30.0 Å². The lowest BCUT2D eigenvalue weighted by atomic mass is 10.4. The molecule has 0 aliphatic heterocycles. The van der Waals surface area contributed by atoms with Crippen molar-refractivity contribution in [1.29, 1.82) is 0 Å². The van der Waals surface area contributed by atoms with Crippen LogP contribution < -0.4 is 0 Å². The molecule has 0 aliphatic carbocycles. The Balaban J connectivity index is 3.17. The molecule has 7 heteroatoms. The van der Waals surface area contributed by atoms with Crippen LogP contribution in [-0.2, 0) is 6.18 Å². The Morgan fingerprint density at radius 3 is 2.31 bits per heavy atom. The number of carbonyl (C=O) groups excluding carboxylic acids is 1. The molecule has 0 atom stereocenters. The fraction of sp³-hybridized carbons (Fsp3) is 0.333. The van der Waals surface area contributed by atoms with Gasteiger partial charge >= 0.3 is 6.18 Å². The van der Waals surface area contributed by atoms with Gasteiger partial charge in [-0.3, -0.25) is 4.79 Å². The minimum atomic E-state index is -4.51. The third-order valence-electron chi connectivity index (χ3n) is 1.22. The molecular formula is C6H3ClF3NOS. The summed E-state index contributed by atoms with van der Waals surface area (Å²) >= 11 is 5.29. The molecule has 0 unspecified atom stereocenters. The number of aromatic nitrogens is 1. The number of thiazole rings is 1.